The summed E-state index contributed by atoms with van der Waals surface area (Å²) in [6.45, 7) is 1.83. The van der Waals surface area contributed by atoms with Crippen molar-refractivity contribution >= 4 is 34.2 Å². The molecule has 8 nitrogen and oxygen atoms in total. The Labute approximate surface area is 227 Å². The molecule has 1 aliphatic carbocycles. The number of anilines is 2. The van der Waals surface area contributed by atoms with Crippen molar-refractivity contribution in [2.75, 3.05) is 17.7 Å². The highest BCUT2D eigenvalue weighted by molar-refractivity contribution is 7.16. The fourth-order valence-electron chi connectivity index (χ4n) is 4.11. The number of nitrogens with zero attached hydrogens (tertiary/aromatic N) is 3. The summed E-state index contributed by atoms with van der Waals surface area (Å²) in [5.41, 5.74) is 6.63. The van der Waals surface area contributed by atoms with Crippen LogP contribution in [0.5, 0.6) is 0 Å². The Morgan fingerprint density at radius 2 is 1.82 bits per heavy atom. The summed E-state index contributed by atoms with van der Waals surface area (Å²) in [4.78, 5) is 35.6. The molecule has 0 saturated heterocycles. The van der Waals surface area contributed by atoms with Crippen LogP contribution in [0.25, 0.3) is 0 Å². The van der Waals surface area contributed by atoms with Crippen molar-refractivity contribution in [2.24, 2.45) is 5.73 Å². The van der Waals surface area contributed by atoms with Crippen LogP contribution < -0.4 is 16.4 Å². The summed E-state index contributed by atoms with van der Waals surface area (Å²) in [7, 11) is 1.76. The van der Waals surface area contributed by atoms with Crippen LogP contribution in [0, 0.1) is 18.8 Å². The maximum atomic E-state index is 13.0. The summed E-state index contributed by atoms with van der Waals surface area (Å²) < 4.78 is 38.9. The highest BCUT2D eigenvalue weighted by atomic mass is 32.1. The van der Waals surface area contributed by atoms with Gasteiger partial charge in [0, 0.05) is 36.5 Å². The van der Waals surface area contributed by atoms with Gasteiger partial charge in [-0.05, 0) is 68.4 Å². The third-order valence-corrected chi connectivity index (χ3v) is 7.31. The Morgan fingerprint density at radius 1 is 1.08 bits per heavy atom. The molecule has 0 atom stereocenters. The van der Waals surface area contributed by atoms with Gasteiger partial charge in [-0.25, -0.2) is 14.8 Å². The first kappa shape index (κ1) is 28.1. The van der Waals surface area contributed by atoms with Gasteiger partial charge in [0.15, 0.2) is 5.13 Å². The molecule has 2 heterocycles. The van der Waals surface area contributed by atoms with Crippen LogP contribution in [0.15, 0.2) is 42.7 Å². The summed E-state index contributed by atoms with van der Waals surface area (Å²) in [6, 6.07) is 6.51. The number of amides is 3. The Bertz CT molecular complexity index is 1420. The second-order valence-electron chi connectivity index (χ2n) is 9.30. The molecule has 0 unspecified atom stereocenters. The molecule has 1 aromatic carbocycles. The zero-order chi connectivity index (χ0) is 28.2. The average Bonchev–Trinajstić information content (AvgIpc) is 3.35. The molecular weight excluding hydrogens is 529 g/mol. The van der Waals surface area contributed by atoms with Gasteiger partial charge in [-0.15, -0.1) is 0 Å². The van der Waals surface area contributed by atoms with Crippen LogP contribution >= 0.6 is 11.3 Å². The molecule has 1 aliphatic rings. The van der Waals surface area contributed by atoms with Crippen molar-refractivity contribution in [1.82, 2.24) is 14.9 Å². The van der Waals surface area contributed by atoms with Crippen molar-refractivity contribution < 1.29 is 22.8 Å². The van der Waals surface area contributed by atoms with E-state index in [-0.39, 0.29) is 29.5 Å². The molecule has 3 aromatic rings. The van der Waals surface area contributed by atoms with Crippen molar-refractivity contribution in [2.45, 2.75) is 50.9 Å². The zero-order valence-electron chi connectivity index (χ0n) is 21.3. The monoisotopic (exact) mass is 556 g/mol. The SMILES string of the molecule is Cc1ccc(C(=O)Nc2cc(C(F)(F)F)ccn2)cc1C#Cc1cnc(NC(=O)N(C)C2CCC(N)CC2)s1. The maximum Gasteiger partial charge on any atom is 0.416 e. The first-order chi connectivity index (χ1) is 18.5. The molecular formula is C27H27F3N6O2S. The Kier molecular flexibility index (Phi) is 8.52. The van der Waals surface area contributed by atoms with Gasteiger partial charge in [0.05, 0.1) is 16.6 Å². The Balaban J connectivity index is 1.41. The molecule has 0 aliphatic heterocycles. The lowest BCUT2D eigenvalue weighted by molar-refractivity contribution is -0.137. The molecule has 3 amide bonds. The Morgan fingerprint density at radius 3 is 2.54 bits per heavy atom. The molecule has 4 N–H and O–H groups in total. The second-order valence-corrected chi connectivity index (χ2v) is 10.3. The number of carbonyl (C=O) groups is 2. The van der Waals surface area contributed by atoms with E-state index in [0.29, 0.717) is 15.6 Å². The quantitative estimate of drug-likeness (QED) is 0.380. The van der Waals surface area contributed by atoms with Gasteiger partial charge in [0.1, 0.15) is 5.82 Å². The van der Waals surface area contributed by atoms with Gasteiger partial charge in [-0.2, -0.15) is 13.2 Å². The van der Waals surface area contributed by atoms with Crippen LogP contribution in [-0.4, -0.2) is 45.9 Å². The van der Waals surface area contributed by atoms with Gasteiger partial charge in [0.25, 0.3) is 5.91 Å². The van der Waals surface area contributed by atoms with Crippen molar-refractivity contribution in [3.8, 4) is 11.8 Å². The Hall–Kier alpha value is -3.95. The summed E-state index contributed by atoms with van der Waals surface area (Å²) in [5, 5.41) is 5.62. The van der Waals surface area contributed by atoms with E-state index >= 15 is 0 Å². The van der Waals surface area contributed by atoms with E-state index in [0.717, 1.165) is 49.6 Å². The molecule has 1 saturated carbocycles. The lowest BCUT2D eigenvalue weighted by atomic mass is 9.91. The van der Waals surface area contributed by atoms with E-state index in [1.807, 2.05) is 6.92 Å². The summed E-state index contributed by atoms with van der Waals surface area (Å²) in [5.74, 6) is 5.17. The molecule has 2 aromatic heterocycles. The largest absolute Gasteiger partial charge is 0.416 e. The van der Waals surface area contributed by atoms with Crippen LogP contribution in [-0.2, 0) is 6.18 Å². The predicted octanol–water partition coefficient (Wildman–Crippen LogP) is 5.25. The standard InChI is InChI=1S/C27H27F3N6O2S/c1-16-3-4-18(24(37)34-23-14-19(11-12-32-23)27(28,29)30)13-17(16)5-10-22-15-33-25(39-22)35-26(38)36(2)21-8-6-20(31)7-9-21/h3-4,11-15,20-21H,6-9,31H2,1-2H3,(H,32,34,37)(H,33,35,38). The first-order valence-corrected chi connectivity index (χ1v) is 13.0. The average molecular weight is 557 g/mol. The normalized spacial score (nSPS) is 17.1. The van der Waals surface area contributed by atoms with Gasteiger partial charge in [-0.1, -0.05) is 23.3 Å². The summed E-state index contributed by atoms with van der Waals surface area (Å²) >= 11 is 1.22. The molecule has 204 valence electrons. The fourth-order valence-corrected chi connectivity index (χ4v) is 4.77. The van der Waals surface area contributed by atoms with Crippen LogP contribution in [0.2, 0.25) is 0 Å². The van der Waals surface area contributed by atoms with Gasteiger partial charge in [-0.3, -0.25) is 10.1 Å². The first-order valence-electron chi connectivity index (χ1n) is 12.2. The van der Waals surface area contributed by atoms with Gasteiger partial charge < -0.3 is 16.0 Å². The number of carbonyl (C=O) groups excluding carboxylic acids is 2. The lowest BCUT2D eigenvalue weighted by Crippen LogP contribution is -2.43. The van der Waals surface area contributed by atoms with E-state index in [4.69, 9.17) is 5.73 Å². The number of halogens is 3. The molecule has 39 heavy (non-hydrogen) atoms. The third kappa shape index (κ3) is 7.34. The number of benzene rings is 1. The number of rotatable bonds is 4. The number of pyridine rings is 1. The smallest absolute Gasteiger partial charge is 0.328 e. The number of alkyl halides is 3. The number of hydrogen-bond donors (Lipinski definition) is 3. The second kappa shape index (κ2) is 11.8. The minimum atomic E-state index is -4.55. The predicted molar refractivity (Wildman–Crippen MR) is 143 cm³/mol. The number of nitrogens with two attached hydrogens (primary N) is 1. The van der Waals surface area contributed by atoms with Crippen LogP contribution in [0.4, 0.5) is 28.9 Å². The van der Waals surface area contributed by atoms with E-state index in [9.17, 15) is 22.8 Å². The van der Waals surface area contributed by atoms with Gasteiger partial charge in [0.2, 0.25) is 0 Å². The highest BCUT2D eigenvalue weighted by Gasteiger charge is 2.31. The molecule has 0 bridgehead atoms. The summed E-state index contributed by atoms with van der Waals surface area (Å²) in [6.07, 6.45) is 1.51. The minimum Gasteiger partial charge on any atom is -0.328 e. The van der Waals surface area contributed by atoms with Crippen LogP contribution in [0.1, 0.15) is 57.6 Å². The number of aromatic nitrogens is 2. The van der Waals surface area contributed by atoms with E-state index in [1.165, 1.54) is 11.3 Å². The minimum absolute atomic E-state index is 0.140. The number of nitrogens with one attached hydrogen (secondary N) is 2. The zero-order valence-corrected chi connectivity index (χ0v) is 22.1. The number of thiazole rings is 1. The van der Waals surface area contributed by atoms with E-state index < -0.39 is 17.6 Å². The number of hydrogen-bond acceptors (Lipinski definition) is 6. The van der Waals surface area contributed by atoms with E-state index in [1.54, 1.807) is 36.3 Å². The van der Waals surface area contributed by atoms with Crippen molar-refractivity contribution in [1.29, 1.82) is 0 Å². The number of aryl methyl sites for hydroxylation is 1. The molecule has 1 fully saturated rings. The molecule has 12 heteroatoms. The van der Waals surface area contributed by atoms with Crippen molar-refractivity contribution in [3.05, 3.63) is 69.9 Å². The molecule has 0 spiro atoms. The fraction of sp³-hybridized carbons (Fsp3) is 0.333. The topological polar surface area (TPSA) is 113 Å². The van der Waals surface area contributed by atoms with Crippen molar-refractivity contribution in [3.63, 3.8) is 0 Å². The highest BCUT2D eigenvalue weighted by Crippen LogP contribution is 2.30. The van der Waals surface area contributed by atoms with Gasteiger partial charge >= 0.3 is 12.2 Å². The van der Waals surface area contributed by atoms with Crippen LogP contribution in [0.3, 0.4) is 0 Å². The molecule has 0 radical (unpaired) electrons. The third-order valence-electron chi connectivity index (χ3n) is 6.48. The van der Waals surface area contributed by atoms with E-state index in [2.05, 4.69) is 32.4 Å². The maximum absolute atomic E-state index is 13.0. The lowest BCUT2D eigenvalue weighted by Gasteiger charge is -2.33. The number of urea groups is 1. The molecule has 4 rings (SSSR count).